The lowest BCUT2D eigenvalue weighted by Gasteiger charge is -2.24. The molecule has 2 atom stereocenters. The highest BCUT2D eigenvalue weighted by Crippen LogP contribution is 2.52. The SMILES string of the molecule is CCCCC(CC)COP(=O)(OCc1sc2ccccc2c(=O)c1-c1ccccc1)OCC(CC)CCCC. The van der Waals surface area contributed by atoms with Gasteiger partial charge in [0.1, 0.15) is 0 Å². The number of hydrogen-bond acceptors (Lipinski definition) is 6. The highest BCUT2D eigenvalue weighted by atomic mass is 32.1. The fourth-order valence-electron chi connectivity index (χ4n) is 4.63. The van der Waals surface area contributed by atoms with Gasteiger partial charge in [-0.05, 0) is 42.4 Å². The van der Waals surface area contributed by atoms with Crippen molar-refractivity contribution in [2.75, 3.05) is 13.2 Å². The van der Waals surface area contributed by atoms with Gasteiger partial charge in [0, 0.05) is 20.5 Å². The summed E-state index contributed by atoms with van der Waals surface area (Å²) in [6.45, 7) is 9.25. The van der Waals surface area contributed by atoms with E-state index in [1.165, 1.54) is 11.3 Å². The van der Waals surface area contributed by atoms with Crippen molar-refractivity contribution in [3.05, 3.63) is 69.7 Å². The molecule has 1 aromatic heterocycles. The third kappa shape index (κ3) is 9.37. The molecular weight excluding hydrogens is 527 g/mol. The Kier molecular flexibility index (Phi) is 13.4. The van der Waals surface area contributed by atoms with Gasteiger partial charge >= 0.3 is 7.82 Å². The minimum Gasteiger partial charge on any atom is -0.288 e. The van der Waals surface area contributed by atoms with Gasteiger partial charge in [-0.15, -0.1) is 11.3 Å². The van der Waals surface area contributed by atoms with Crippen molar-refractivity contribution in [1.29, 1.82) is 0 Å². The molecule has 0 aliphatic rings. The van der Waals surface area contributed by atoms with Crippen LogP contribution in [0.2, 0.25) is 0 Å². The van der Waals surface area contributed by atoms with E-state index >= 15 is 0 Å². The van der Waals surface area contributed by atoms with E-state index in [1.807, 2.05) is 54.6 Å². The van der Waals surface area contributed by atoms with Gasteiger partial charge in [-0.2, -0.15) is 0 Å². The molecule has 5 nitrogen and oxygen atoms in total. The zero-order valence-electron chi connectivity index (χ0n) is 24.0. The van der Waals surface area contributed by atoms with Crippen LogP contribution in [0.3, 0.4) is 0 Å². The second kappa shape index (κ2) is 16.4. The third-order valence-electron chi connectivity index (χ3n) is 7.31. The van der Waals surface area contributed by atoms with Gasteiger partial charge in [0.15, 0.2) is 5.43 Å². The van der Waals surface area contributed by atoms with Crippen LogP contribution < -0.4 is 5.43 Å². The standard InChI is InChI=1S/C32H45O5PS/c1-5-9-16-25(7-3)22-35-38(34,36-23-26(8-4)17-10-6-2)37-24-30-31(27-18-12-11-13-19-27)32(33)28-20-14-15-21-29(28)39-30/h11-15,18-21,25-26H,5-10,16-17,22-24H2,1-4H3. The Labute approximate surface area is 238 Å². The molecule has 0 N–H and O–H groups in total. The number of fused-ring (bicyclic) bond motifs is 1. The van der Waals surface area contributed by atoms with Crippen molar-refractivity contribution in [2.24, 2.45) is 11.8 Å². The predicted molar refractivity (Wildman–Crippen MR) is 164 cm³/mol. The Bertz CT molecular complexity index is 1220. The first kappa shape index (κ1) is 31.7. The molecule has 2 unspecified atom stereocenters. The van der Waals surface area contributed by atoms with Gasteiger partial charge < -0.3 is 0 Å². The second-order valence-electron chi connectivity index (χ2n) is 10.2. The van der Waals surface area contributed by atoms with Gasteiger partial charge in [-0.1, -0.05) is 109 Å². The van der Waals surface area contributed by atoms with Crippen LogP contribution in [0.4, 0.5) is 0 Å². The lowest BCUT2D eigenvalue weighted by molar-refractivity contribution is 0.0808. The molecule has 0 spiro atoms. The lowest BCUT2D eigenvalue weighted by Crippen LogP contribution is -2.14. The van der Waals surface area contributed by atoms with E-state index < -0.39 is 7.82 Å². The summed E-state index contributed by atoms with van der Waals surface area (Å²) in [6, 6.07) is 17.2. The van der Waals surface area contributed by atoms with Crippen LogP contribution in [0.15, 0.2) is 59.4 Å². The van der Waals surface area contributed by atoms with Crippen LogP contribution in [-0.2, 0) is 24.7 Å². The molecule has 0 saturated carbocycles. The van der Waals surface area contributed by atoms with Gasteiger partial charge in [0.05, 0.1) is 19.8 Å². The molecule has 0 aliphatic heterocycles. The fraction of sp³-hybridized carbons (Fsp3) is 0.531. The van der Waals surface area contributed by atoms with Crippen molar-refractivity contribution in [3.63, 3.8) is 0 Å². The molecule has 0 radical (unpaired) electrons. The molecule has 2 aromatic carbocycles. The van der Waals surface area contributed by atoms with Gasteiger partial charge in [0.25, 0.3) is 0 Å². The topological polar surface area (TPSA) is 61.8 Å². The third-order valence-corrected chi connectivity index (χ3v) is 9.83. The number of unbranched alkanes of at least 4 members (excludes halogenated alkanes) is 2. The Morgan fingerprint density at radius 2 is 1.33 bits per heavy atom. The Morgan fingerprint density at radius 1 is 0.769 bits per heavy atom. The number of benzene rings is 2. The fourth-order valence-corrected chi connectivity index (χ4v) is 7.12. The average molecular weight is 573 g/mol. The number of rotatable bonds is 18. The van der Waals surface area contributed by atoms with E-state index in [0.29, 0.717) is 40.9 Å². The first-order valence-corrected chi connectivity index (χ1v) is 16.9. The van der Waals surface area contributed by atoms with Crippen molar-refractivity contribution in [3.8, 4) is 11.1 Å². The zero-order valence-corrected chi connectivity index (χ0v) is 25.7. The quantitative estimate of drug-likeness (QED) is 0.142. The maximum Gasteiger partial charge on any atom is 0.475 e. The summed E-state index contributed by atoms with van der Waals surface area (Å²) in [5.74, 6) is 0.591. The molecule has 7 heteroatoms. The molecule has 1 heterocycles. The molecule has 3 rings (SSSR count). The zero-order chi connectivity index (χ0) is 28.1. The van der Waals surface area contributed by atoms with E-state index in [2.05, 4.69) is 27.7 Å². The molecule has 39 heavy (non-hydrogen) atoms. The largest absolute Gasteiger partial charge is 0.475 e. The van der Waals surface area contributed by atoms with Crippen molar-refractivity contribution in [2.45, 2.75) is 85.7 Å². The number of hydrogen-bond donors (Lipinski definition) is 0. The smallest absolute Gasteiger partial charge is 0.288 e. The minimum atomic E-state index is -3.87. The monoisotopic (exact) mass is 572 g/mol. The van der Waals surface area contributed by atoms with Crippen LogP contribution in [0.5, 0.6) is 0 Å². The first-order chi connectivity index (χ1) is 18.9. The van der Waals surface area contributed by atoms with E-state index in [1.54, 1.807) is 0 Å². The van der Waals surface area contributed by atoms with Crippen LogP contribution in [0.25, 0.3) is 21.2 Å². The summed E-state index contributed by atoms with van der Waals surface area (Å²) >= 11 is 1.49. The van der Waals surface area contributed by atoms with Crippen molar-refractivity contribution in [1.82, 2.24) is 0 Å². The maximum absolute atomic E-state index is 14.0. The Hall–Kier alpha value is -1.82. The summed E-state index contributed by atoms with van der Waals surface area (Å²) in [4.78, 5) is 14.3. The summed E-state index contributed by atoms with van der Waals surface area (Å²) in [6.07, 6.45) is 8.36. The van der Waals surface area contributed by atoms with Crippen LogP contribution in [0, 0.1) is 11.8 Å². The maximum atomic E-state index is 14.0. The molecule has 0 bridgehead atoms. The molecule has 0 fully saturated rings. The summed E-state index contributed by atoms with van der Waals surface area (Å²) < 4.78 is 33.0. The second-order valence-corrected chi connectivity index (χ2v) is 13.0. The molecule has 0 amide bonds. The Balaban J connectivity index is 1.89. The lowest BCUT2D eigenvalue weighted by atomic mass is 10.0. The summed E-state index contributed by atoms with van der Waals surface area (Å²) in [5.41, 5.74) is 1.34. The summed E-state index contributed by atoms with van der Waals surface area (Å²) in [5, 5.41) is 0.671. The van der Waals surface area contributed by atoms with Crippen molar-refractivity contribution < 1.29 is 18.1 Å². The van der Waals surface area contributed by atoms with E-state index in [-0.39, 0.29) is 12.0 Å². The number of phosphoric ester groups is 1. The first-order valence-electron chi connectivity index (χ1n) is 14.6. The van der Waals surface area contributed by atoms with Gasteiger partial charge in [-0.25, -0.2) is 4.57 Å². The van der Waals surface area contributed by atoms with Gasteiger partial charge in [-0.3, -0.25) is 18.4 Å². The van der Waals surface area contributed by atoms with E-state index in [9.17, 15) is 9.36 Å². The van der Waals surface area contributed by atoms with Crippen molar-refractivity contribution >= 4 is 29.2 Å². The van der Waals surface area contributed by atoms with Crippen LogP contribution in [0.1, 0.15) is 83.9 Å². The average Bonchev–Trinajstić information content (AvgIpc) is 2.97. The Morgan fingerprint density at radius 3 is 1.90 bits per heavy atom. The van der Waals surface area contributed by atoms with Crippen LogP contribution in [-0.4, -0.2) is 13.2 Å². The molecular formula is C32H45O5PS. The molecule has 214 valence electrons. The number of phosphoric acid groups is 1. The normalized spacial score (nSPS) is 14.8. The highest BCUT2D eigenvalue weighted by Gasteiger charge is 2.30. The molecule has 0 saturated heterocycles. The van der Waals surface area contributed by atoms with Crippen LogP contribution >= 0.6 is 19.2 Å². The molecule has 3 aromatic rings. The van der Waals surface area contributed by atoms with E-state index in [4.69, 9.17) is 13.6 Å². The van der Waals surface area contributed by atoms with Gasteiger partial charge in [0.2, 0.25) is 0 Å². The molecule has 0 aliphatic carbocycles. The predicted octanol–water partition coefficient (Wildman–Crippen LogP) is 10.0. The van der Waals surface area contributed by atoms with E-state index in [0.717, 1.165) is 61.6 Å². The summed E-state index contributed by atoms with van der Waals surface area (Å²) in [7, 11) is -3.87. The highest BCUT2D eigenvalue weighted by molar-refractivity contribution is 7.48. The minimum absolute atomic E-state index is 0.0241.